The molecular formula is C48H54N10O5. The molecular weight excluding hydrogens is 797 g/mol. The minimum atomic E-state index is -0.964. The summed E-state index contributed by atoms with van der Waals surface area (Å²) in [7, 11) is 0. The number of nitrogens with one attached hydrogen (secondary N) is 6. The van der Waals surface area contributed by atoms with E-state index >= 15 is 0 Å². The van der Waals surface area contributed by atoms with Crippen molar-refractivity contribution in [2.75, 3.05) is 26.2 Å². The molecule has 4 atom stereocenters. The molecule has 7 rings (SSSR count). The van der Waals surface area contributed by atoms with E-state index in [1.54, 1.807) is 50.5 Å². The summed E-state index contributed by atoms with van der Waals surface area (Å²) < 4.78 is 0. The normalized spacial score (nSPS) is 14.9. The molecule has 0 saturated carbocycles. The van der Waals surface area contributed by atoms with Crippen LogP contribution >= 0.6 is 0 Å². The SMILES string of the molecule is CCNC(=O)N[C@@H](C(=O)N(Cc1ncc(-c2ccc(-c3ccc(-c4cnc([C@@H]5CCCN5C(=O)[C@H](NC(=O)NCC)c5ccccc5)[nH]4)cc3)cc2)[nH]1)C[C@@H](C)O)c1ccccc1. The van der Waals surface area contributed by atoms with Gasteiger partial charge in [-0.3, -0.25) is 9.59 Å². The van der Waals surface area contributed by atoms with Gasteiger partial charge in [0, 0.05) is 26.2 Å². The first-order chi connectivity index (χ1) is 30.6. The van der Waals surface area contributed by atoms with Gasteiger partial charge in [0.2, 0.25) is 11.8 Å². The smallest absolute Gasteiger partial charge is 0.315 e. The van der Waals surface area contributed by atoms with Crippen LogP contribution in [0, 0.1) is 0 Å². The number of H-pyrrole nitrogens is 2. The van der Waals surface area contributed by atoms with E-state index in [9.17, 15) is 24.3 Å². The third-order valence-corrected chi connectivity index (χ3v) is 10.9. The second-order valence-corrected chi connectivity index (χ2v) is 15.5. The molecule has 4 aromatic carbocycles. The van der Waals surface area contributed by atoms with E-state index in [1.165, 1.54) is 4.90 Å². The average Bonchev–Trinajstić information content (AvgIpc) is 4.10. The van der Waals surface area contributed by atoms with Gasteiger partial charge in [-0.15, -0.1) is 0 Å². The zero-order valence-corrected chi connectivity index (χ0v) is 35.7. The largest absolute Gasteiger partial charge is 0.392 e. The van der Waals surface area contributed by atoms with E-state index in [0.29, 0.717) is 42.4 Å². The Morgan fingerprint density at radius 3 is 1.78 bits per heavy atom. The van der Waals surface area contributed by atoms with Crippen LogP contribution in [-0.4, -0.2) is 91.0 Å². The Morgan fingerprint density at radius 1 is 0.714 bits per heavy atom. The van der Waals surface area contributed by atoms with Crippen molar-refractivity contribution >= 4 is 23.9 Å². The van der Waals surface area contributed by atoms with E-state index in [2.05, 4.69) is 48.4 Å². The molecule has 1 fully saturated rings. The first kappa shape index (κ1) is 43.8. The number of nitrogens with zero attached hydrogens (tertiary/aromatic N) is 4. The van der Waals surface area contributed by atoms with E-state index in [0.717, 1.165) is 46.5 Å². The molecule has 6 amide bonds. The highest BCUT2D eigenvalue weighted by molar-refractivity contribution is 5.89. The molecule has 0 unspecified atom stereocenters. The van der Waals surface area contributed by atoms with Crippen molar-refractivity contribution in [1.82, 2.24) is 51.0 Å². The molecule has 0 bridgehead atoms. The lowest BCUT2D eigenvalue weighted by Crippen LogP contribution is -2.47. The van der Waals surface area contributed by atoms with Crippen LogP contribution in [-0.2, 0) is 16.1 Å². The fourth-order valence-corrected chi connectivity index (χ4v) is 7.87. The predicted octanol–water partition coefficient (Wildman–Crippen LogP) is 6.63. The van der Waals surface area contributed by atoms with Gasteiger partial charge in [0.1, 0.15) is 23.7 Å². The van der Waals surface area contributed by atoms with Gasteiger partial charge in [0.05, 0.1) is 42.5 Å². The molecule has 0 aliphatic carbocycles. The zero-order chi connectivity index (χ0) is 44.3. The molecule has 3 heterocycles. The molecule has 63 heavy (non-hydrogen) atoms. The summed E-state index contributed by atoms with van der Waals surface area (Å²) >= 11 is 0. The topological polar surface area (TPSA) is 200 Å². The van der Waals surface area contributed by atoms with Crippen LogP contribution in [0.2, 0.25) is 0 Å². The fraction of sp³-hybridized carbons (Fsp3) is 0.292. The maximum absolute atomic E-state index is 14.0. The van der Waals surface area contributed by atoms with Crippen LogP contribution in [0.3, 0.4) is 0 Å². The Hall–Kier alpha value is -7.26. The molecule has 0 radical (unpaired) electrons. The van der Waals surface area contributed by atoms with Gasteiger partial charge in [-0.2, -0.15) is 0 Å². The molecule has 15 nitrogen and oxygen atoms in total. The standard InChI is InChI=1S/C48H54N10O5/c1-4-49-47(62)55-42(36-13-8-6-9-14-36)45(60)57(29-31(3)59)30-41-51-27-38(53-41)34-22-18-32(19-23-34)33-20-24-35(25-21-33)39-28-52-44(54-39)40-17-12-26-58(40)46(61)43(56-48(63)50-5-2)37-15-10-7-11-16-37/h6-11,13-16,18-25,27-28,31,40,42-43,59H,4-5,12,17,26,29-30H2,1-3H3,(H,51,53)(H,52,54)(H2,49,55,62)(H2,50,56,63)/t31-,40+,42-,43-/m1/s1. The van der Waals surface area contributed by atoms with Crippen LogP contribution in [0.1, 0.15) is 74.5 Å². The quantitative estimate of drug-likeness (QED) is 0.0567. The number of aromatic nitrogens is 4. The molecule has 1 aliphatic rings. The minimum absolute atomic E-state index is 0.0412. The van der Waals surface area contributed by atoms with Gasteiger partial charge in [-0.05, 0) is 67.0 Å². The van der Waals surface area contributed by atoms with E-state index < -0.39 is 30.2 Å². The lowest BCUT2D eigenvalue weighted by Gasteiger charge is -2.28. The maximum Gasteiger partial charge on any atom is 0.315 e. The van der Waals surface area contributed by atoms with Gasteiger partial charge in [0.15, 0.2) is 0 Å². The molecule has 1 aliphatic heterocycles. The van der Waals surface area contributed by atoms with Crippen molar-refractivity contribution in [3.63, 3.8) is 0 Å². The first-order valence-electron chi connectivity index (χ1n) is 21.4. The molecule has 326 valence electrons. The Morgan fingerprint density at radius 2 is 1.22 bits per heavy atom. The number of likely N-dealkylation sites (tertiary alicyclic amines) is 1. The minimum Gasteiger partial charge on any atom is -0.392 e. The van der Waals surface area contributed by atoms with E-state index in [-0.39, 0.29) is 30.9 Å². The van der Waals surface area contributed by atoms with Crippen molar-refractivity contribution < 1.29 is 24.3 Å². The number of amides is 6. The number of urea groups is 2. The Labute approximate surface area is 366 Å². The summed E-state index contributed by atoms with van der Waals surface area (Å²) in [6.07, 6.45) is 4.28. The van der Waals surface area contributed by atoms with Crippen molar-refractivity contribution in [1.29, 1.82) is 0 Å². The average molecular weight is 851 g/mol. The molecule has 0 spiro atoms. The number of aliphatic hydroxyl groups is 1. The molecule has 6 aromatic rings. The van der Waals surface area contributed by atoms with Crippen LogP contribution in [0.15, 0.2) is 122 Å². The highest BCUT2D eigenvalue weighted by atomic mass is 16.3. The van der Waals surface area contributed by atoms with Crippen LogP contribution in [0.25, 0.3) is 33.6 Å². The summed E-state index contributed by atoms with van der Waals surface area (Å²) in [6, 6.07) is 31.7. The number of carbonyl (C=O) groups is 4. The number of hydrogen-bond donors (Lipinski definition) is 7. The predicted molar refractivity (Wildman–Crippen MR) is 241 cm³/mol. The molecule has 15 heteroatoms. The van der Waals surface area contributed by atoms with Gasteiger partial charge >= 0.3 is 12.1 Å². The van der Waals surface area contributed by atoms with Gasteiger partial charge in [-0.1, -0.05) is 109 Å². The van der Waals surface area contributed by atoms with Crippen molar-refractivity contribution in [2.45, 2.75) is 64.4 Å². The highest BCUT2D eigenvalue weighted by Crippen LogP contribution is 2.34. The molecule has 2 aromatic heterocycles. The first-order valence-corrected chi connectivity index (χ1v) is 21.4. The fourth-order valence-electron chi connectivity index (χ4n) is 7.87. The Balaban J connectivity index is 1.01. The second kappa shape index (κ2) is 20.5. The lowest BCUT2D eigenvalue weighted by molar-refractivity contribution is -0.135. The molecule has 1 saturated heterocycles. The number of rotatable bonds is 16. The highest BCUT2D eigenvalue weighted by Gasteiger charge is 2.37. The van der Waals surface area contributed by atoms with Gasteiger partial charge < -0.3 is 46.1 Å². The number of carbonyl (C=O) groups excluding carboxylic acids is 4. The van der Waals surface area contributed by atoms with Crippen LogP contribution in [0.4, 0.5) is 9.59 Å². The summed E-state index contributed by atoms with van der Waals surface area (Å²) in [5.74, 6) is 0.683. The summed E-state index contributed by atoms with van der Waals surface area (Å²) in [4.78, 5) is 72.5. The number of imidazole rings is 2. The zero-order valence-electron chi connectivity index (χ0n) is 35.7. The number of benzene rings is 4. The van der Waals surface area contributed by atoms with E-state index in [1.807, 2.05) is 84.6 Å². The maximum atomic E-state index is 14.0. The summed E-state index contributed by atoms with van der Waals surface area (Å²) in [5.41, 5.74) is 6.84. The van der Waals surface area contributed by atoms with Crippen molar-refractivity contribution in [3.05, 3.63) is 144 Å². The van der Waals surface area contributed by atoms with Crippen molar-refractivity contribution in [3.8, 4) is 33.6 Å². The Bertz CT molecular complexity index is 2450. The number of aliphatic hydroxyl groups excluding tert-OH is 1. The monoisotopic (exact) mass is 850 g/mol. The van der Waals surface area contributed by atoms with Crippen molar-refractivity contribution in [2.24, 2.45) is 0 Å². The summed E-state index contributed by atoms with van der Waals surface area (Å²) in [5, 5.41) is 21.4. The van der Waals surface area contributed by atoms with E-state index in [4.69, 9.17) is 4.98 Å². The number of hydrogen-bond acceptors (Lipinski definition) is 7. The third-order valence-electron chi connectivity index (χ3n) is 10.9. The third kappa shape index (κ3) is 10.8. The summed E-state index contributed by atoms with van der Waals surface area (Å²) in [6.45, 7) is 6.79. The van der Waals surface area contributed by atoms with Crippen LogP contribution in [0.5, 0.6) is 0 Å². The Kier molecular flexibility index (Phi) is 14.3. The lowest BCUT2D eigenvalue weighted by atomic mass is 10.0. The second-order valence-electron chi connectivity index (χ2n) is 15.5. The molecule has 7 N–H and O–H groups in total. The van der Waals surface area contributed by atoms with Gasteiger partial charge in [-0.25, -0.2) is 19.6 Å². The van der Waals surface area contributed by atoms with Crippen LogP contribution < -0.4 is 21.3 Å². The number of aromatic amines is 2. The van der Waals surface area contributed by atoms with Gasteiger partial charge in [0.25, 0.3) is 0 Å².